The van der Waals surface area contributed by atoms with Gasteiger partial charge in [0.15, 0.2) is 32.5 Å². The molecule has 15 heteroatoms. The van der Waals surface area contributed by atoms with Crippen molar-refractivity contribution < 1.29 is 61.3 Å². The van der Waals surface area contributed by atoms with Gasteiger partial charge in [0.05, 0.1) is 11.1 Å². The molecule has 0 unspecified atom stereocenters. The topological polar surface area (TPSA) is 144 Å². The zero-order chi connectivity index (χ0) is 20.4. The maximum absolute atomic E-state index is 11.8. The molecule has 2 aromatic carbocycles. The third-order valence-corrected chi connectivity index (χ3v) is 3.63. The Balaban J connectivity index is 0.00000420. The molecule has 0 saturated heterocycles. The molecule has 144 valence electrons. The van der Waals surface area contributed by atoms with Gasteiger partial charge >= 0.3 is 48.7 Å². The van der Waals surface area contributed by atoms with Crippen LogP contribution in [0.5, 0.6) is 11.5 Å². The van der Waals surface area contributed by atoms with E-state index in [2.05, 4.69) is 62.8 Å². The number of amides is 2. The van der Waals surface area contributed by atoms with Crippen molar-refractivity contribution in [3.63, 3.8) is 0 Å². The van der Waals surface area contributed by atoms with Crippen LogP contribution in [0, 0.1) is 0 Å². The number of carbonyl (C=O) groups is 2. The molecule has 0 atom stereocenters. The zero-order valence-corrected chi connectivity index (χ0v) is 19.8. The van der Waals surface area contributed by atoms with Crippen LogP contribution in [0.1, 0.15) is 20.7 Å². The average molecular weight is 538 g/mol. The molecular weight excluding hydrogens is 530 g/mol. The number of nitrogens with zero attached hydrogens (tertiary/aromatic N) is 4. The summed E-state index contributed by atoms with van der Waals surface area (Å²) in [5.41, 5.74) is 0.154. The number of halogens is 2. The Morgan fingerprint density at radius 3 is 1.55 bits per heavy atom. The zero-order valence-electron chi connectivity index (χ0n) is 14.6. The number of carbonyl (C=O) groups excluding carboxylic acids is 2. The van der Waals surface area contributed by atoms with Gasteiger partial charge in [0, 0.05) is 10.6 Å². The molecule has 0 aliphatic carbocycles. The predicted molar refractivity (Wildman–Crippen MR) is 98.3 cm³/mol. The molecule has 0 saturated carbocycles. The van der Waals surface area contributed by atoms with E-state index in [0.29, 0.717) is 0 Å². The normalized spacial score (nSPS) is 10.3. The van der Waals surface area contributed by atoms with Gasteiger partial charge in [-0.3, -0.25) is 9.59 Å². The first-order chi connectivity index (χ1) is 13.6. The second-order valence-electron chi connectivity index (χ2n) is 4.62. The van der Waals surface area contributed by atoms with Gasteiger partial charge in [0.25, 0.3) is 0 Å². The Labute approximate surface area is 203 Å². The van der Waals surface area contributed by atoms with Crippen molar-refractivity contribution >= 4 is 51.7 Å². The van der Waals surface area contributed by atoms with Crippen LogP contribution in [-0.2, 0) is 9.51 Å². The SMILES string of the molecule is O=C(N=NOB([O-])ON=NC(=O)c1ccccc1OBr)c1ccccc1OBr.[Na+]. The van der Waals surface area contributed by atoms with Crippen molar-refractivity contribution in [1.29, 1.82) is 0 Å². The molecule has 0 heterocycles. The van der Waals surface area contributed by atoms with E-state index in [0.717, 1.165) is 0 Å². The van der Waals surface area contributed by atoms with E-state index in [1.807, 2.05) is 0 Å². The standard InChI is InChI=1S/C14H8BBr2N4O7.Na/c16-25-11-7-3-1-5-9(11)13(22)18-20-27-15(24)28-21-19-14(23)10-6-2-4-8-12(10)26-17;/h1-8H;/q-1;+1. The Kier molecular flexibility index (Phi) is 11.6. The summed E-state index contributed by atoms with van der Waals surface area (Å²) in [5.74, 6) is -1.27. The van der Waals surface area contributed by atoms with E-state index in [1.165, 1.54) is 24.3 Å². The third-order valence-electron chi connectivity index (χ3n) is 2.93. The number of rotatable bonds is 8. The maximum Gasteiger partial charge on any atom is 1.00 e. The predicted octanol–water partition coefficient (Wildman–Crippen LogP) is 0.161. The van der Waals surface area contributed by atoms with Crippen molar-refractivity contribution in [2.24, 2.45) is 20.8 Å². The van der Waals surface area contributed by atoms with Gasteiger partial charge in [0.2, 0.25) is 0 Å². The number of benzene rings is 2. The third kappa shape index (κ3) is 7.83. The van der Waals surface area contributed by atoms with Gasteiger partial charge < -0.3 is 22.2 Å². The van der Waals surface area contributed by atoms with Crippen molar-refractivity contribution in [1.82, 2.24) is 0 Å². The summed E-state index contributed by atoms with van der Waals surface area (Å²) in [6, 6.07) is 12.3. The fraction of sp³-hybridized carbons (Fsp3) is 0. The van der Waals surface area contributed by atoms with Gasteiger partial charge in [-0.1, -0.05) is 34.5 Å². The van der Waals surface area contributed by atoms with E-state index in [9.17, 15) is 14.6 Å². The number of hydrogen-bond donors (Lipinski definition) is 0. The summed E-state index contributed by atoms with van der Waals surface area (Å²) < 4.78 is 18.1. The fourth-order valence-electron chi connectivity index (χ4n) is 1.75. The molecule has 2 aromatic rings. The quantitative estimate of drug-likeness (QED) is 0.265. The Hall–Kier alpha value is -1.84. The van der Waals surface area contributed by atoms with Crippen LogP contribution >= 0.6 is 32.5 Å². The van der Waals surface area contributed by atoms with E-state index in [-0.39, 0.29) is 52.2 Å². The smallest absolute Gasteiger partial charge is 0.805 e. The summed E-state index contributed by atoms with van der Waals surface area (Å²) in [4.78, 5) is 23.7. The van der Waals surface area contributed by atoms with E-state index in [4.69, 9.17) is 7.66 Å². The second-order valence-corrected chi connectivity index (χ2v) is 5.27. The summed E-state index contributed by atoms with van der Waals surface area (Å²) in [6.45, 7) is 0. The first kappa shape index (κ1) is 25.2. The van der Waals surface area contributed by atoms with Crippen LogP contribution in [0.4, 0.5) is 0 Å². The van der Waals surface area contributed by atoms with Crippen molar-refractivity contribution in [3.8, 4) is 11.5 Å². The van der Waals surface area contributed by atoms with E-state index < -0.39 is 19.1 Å². The summed E-state index contributed by atoms with van der Waals surface area (Å²) in [7, 11) is -2.31. The van der Waals surface area contributed by atoms with Gasteiger partial charge in [-0.15, -0.1) is 0 Å². The summed E-state index contributed by atoms with van der Waals surface area (Å²) >= 11 is 5.49. The molecule has 0 aromatic heterocycles. The van der Waals surface area contributed by atoms with Crippen LogP contribution in [0.2, 0.25) is 0 Å². The largest absolute Gasteiger partial charge is 1.00 e. The molecule has 0 aliphatic heterocycles. The minimum absolute atomic E-state index is 0. The van der Waals surface area contributed by atoms with E-state index in [1.54, 1.807) is 24.3 Å². The van der Waals surface area contributed by atoms with Gasteiger partial charge in [-0.2, -0.15) is 0 Å². The molecular formula is C14H8BBr2N4NaO7. The number of hydrogen-bond acceptors (Lipinski definition) is 9. The molecule has 0 bridgehead atoms. The van der Waals surface area contributed by atoms with Crippen molar-refractivity contribution in [3.05, 3.63) is 59.7 Å². The first-order valence-corrected chi connectivity index (χ1v) is 8.49. The monoisotopic (exact) mass is 536 g/mol. The summed E-state index contributed by atoms with van der Waals surface area (Å²) in [5, 5.41) is 23.6. The van der Waals surface area contributed by atoms with E-state index >= 15 is 0 Å². The molecule has 0 N–H and O–H groups in total. The van der Waals surface area contributed by atoms with Gasteiger partial charge in [-0.05, 0) is 24.3 Å². The van der Waals surface area contributed by atoms with Crippen LogP contribution in [0.25, 0.3) is 0 Å². The maximum atomic E-state index is 11.8. The first-order valence-electron chi connectivity index (χ1n) is 7.20. The van der Waals surface area contributed by atoms with Gasteiger partial charge in [-0.25, -0.2) is 0 Å². The minimum Gasteiger partial charge on any atom is -0.805 e. The Morgan fingerprint density at radius 1 is 0.793 bits per heavy atom. The van der Waals surface area contributed by atoms with Crippen LogP contribution in [-0.4, -0.2) is 19.1 Å². The molecule has 0 spiro atoms. The molecule has 0 fully saturated rings. The molecule has 2 amide bonds. The minimum atomic E-state index is -2.31. The van der Waals surface area contributed by atoms with Crippen molar-refractivity contribution in [2.45, 2.75) is 0 Å². The molecule has 0 aliphatic rings. The second kappa shape index (κ2) is 13.4. The molecule has 2 rings (SSSR count). The van der Waals surface area contributed by atoms with Crippen LogP contribution in [0.3, 0.4) is 0 Å². The molecule has 0 radical (unpaired) electrons. The molecule has 29 heavy (non-hydrogen) atoms. The fourth-order valence-corrected chi connectivity index (χ4v) is 2.31. The molecule has 11 nitrogen and oxygen atoms in total. The van der Waals surface area contributed by atoms with Crippen LogP contribution in [0.15, 0.2) is 69.3 Å². The summed E-state index contributed by atoms with van der Waals surface area (Å²) in [6.07, 6.45) is 0. The van der Waals surface area contributed by atoms with Crippen LogP contribution < -0.4 is 42.2 Å². The van der Waals surface area contributed by atoms with Crippen molar-refractivity contribution in [2.75, 3.05) is 0 Å². The Bertz CT molecular complexity index is 834. The number of para-hydroxylation sites is 2. The average Bonchev–Trinajstić information content (AvgIpc) is 2.73. The van der Waals surface area contributed by atoms with Gasteiger partial charge in [0.1, 0.15) is 11.5 Å². The Morgan fingerprint density at radius 2 is 1.17 bits per heavy atom.